The molecule has 0 aliphatic rings. The topological polar surface area (TPSA) is 0 Å². The molecule has 0 nitrogen and oxygen atoms in total. The van der Waals surface area contributed by atoms with Gasteiger partial charge in [-0.3, -0.25) is 0 Å². The first-order valence-corrected chi connectivity index (χ1v) is 13.3. The van der Waals surface area contributed by atoms with Gasteiger partial charge in [0.05, 0.1) is 0 Å². The molecule has 0 unspecified atom stereocenters. The fourth-order valence-electron chi connectivity index (χ4n) is 4.73. The van der Waals surface area contributed by atoms with E-state index in [-0.39, 0.29) is 0 Å². The normalized spacial score (nSPS) is 11.9. The van der Waals surface area contributed by atoms with E-state index in [4.69, 9.17) is 11.6 Å². The van der Waals surface area contributed by atoms with E-state index in [0.29, 0.717) is 23.7 Å². The van der Waals surface area contributed by atoms with Crippen LogP contribution in [0.3, 0.4) is 0 Å². The molecule has 3 aromatic rings. The molecule has 0 saturated carbocycles. The van der Waals surface area contributed by atoms with Crippen molar-refractivity contribution in [3.05, 3.63) is 75.8 Å². The molecule has 3 rings (SSSR count). The monoisotopic (exact) mass is 505 g/mol. The first-order valence-electron chi connectivity index (χ1n) is 11.9. The Kier molecular flexibility index (Phi) is 7.99. The molecule has 32 heavy (non-hydrogen) atoms. The van der Waals surface area contributed by atoms with Crippen LogP contribution in [0.2, 0.25) is 5.02 Å². The van der Waals surface area contributed by atoms with Gasteiger partial charge in [0.2, 0.25) is 0 Å². The molecule has 0 aliphatic heterocycles. The third-order valence-electron chi connectivity index (χ3n) is 6.39. The predicted octanol–water partition coefficient (Wildman–Crippen LogP) is 8.96. The fourth-order valence-corrected chi connectivity index (χ4v) is 5.77. The molecule has 0 fully saturated rings. The van der Waals surface area contributed by atoms with Crippen LogP contribution in [0.15, 0.2) is 48.5 Å². The van der Waals surface area contributed by atoms with Crippen LogP contribution in [-0.4, -0.2) is 16.5 Å². The van der Waals surface area contributed by atoms with Crippen LogP contribution in [0.1, 0.15) is 101 Å². The van der Waals surface area contributed by atoms with E-state index in [1.54, 1.807) is 0 Å². The molecule has 0 bridgehead atoms. The van der Waals surface area contributed by atoms with E-state index >= 15 is 0 Å². The van der Waals surface area contributed by atoms with Gasteiger partial charge in [-0.05, 0) is 0 Å². The molecule has 0 aromatic heterocycles. The van der Waals surface area contributed by atoms with Crippen LogP contribution in [0.5, 0.6) is 0 Å². The molecule has 0 N–H and O–H groups in total. The number of halogens is 1. The molecule has 0 atom stereocenters. The van der Waals surface area contributed by atoms with Crippen molar-refractivity contribution in [2.24, 2.45) is 0 Å². The summed E-state index contributed by atoms with van der Waals surface area (Å²) in [7, 11) is 0. The number of rotatable bonds is 6. The molecule has 0 saturated heterocycles. The first-order chi connectivity index (χ1) is 15.0. The van der Waals surface area contributed by atoms with Crippen molar-refractivity contribution < 1.29 is 0 Å². The number of hydrogen-bond donors (Lipinski definition) is 0. The summed E-state index contributed by atoms with van der Waals surface area (Å²) >= 11 is 9.13. The van der Waals surface area contributed by atoms with E-state index in [2.05, 4.69) is 120 Å². The molecular weight excluding hydrogens is 468 g/mol. The van der Waals surface area contributed by atoms with Crippen LogP contribution in [0.4, 0.5) is 0 Å². The van der Waals surface area contributed by atoms with Crippen molar-refractivity contribution >= 4 is 32.5 Å². The second kappa shape index (κ2) is 10.2. The van der Waals surface area contributed by atoms with Gasteiger partial charge in [0.25, 0.3) is 0 Å². The summed E-state index contributed by atoms with van der Waals surface area (Å²) in [6.07, 6.45) is 0. The van der Waals surface area contributed by atoms with Crippen molar-refractivity contribution in [1.29, 1.82) is 0 Å². The van der Waals surface area contributed by atoms with E-state index in [1.165, 1.54) is 48.9 Å². The summed E-state index contributed by atoms with van der Waals surface area (Å²) < 4.78 is 1.32. The molecule has 3 aromatic carbocycles. The first kappa shape index (κ1) is 25.1. The van der Waals surface area contributed by atoms with Gasteiger partial charge in [-0.25, -0.2) is 0 Å². The zero-order valence-corrected chi connectivity index (χ0v) is 23.7. The summed E-state index contributed by atoms with van der Waals surface area (Å²) in [5.41, 5.74) is 10.9. The summed E-state index contributed by atoms with van der Waals surface area (Å²) in [4.78, 5) is 0. The Hall–Kier alpha value is -1.51. The Labute approximate surface area is 209 Å². The second-order valence-electron chi connectivity index (χ2n) is 10.1. The Morgan fingerprint density at radius 1 is 0.562 bits per heavy atom. The van der Waals surface area contributed by atoms with Crippen LogP contribution in [-0.2, 0) is 0 Å². The van der Waals surface area contributed by atoms with Gasteiger partial charge in [-0.2, -0.15) is 0 Å². The Morgan fingerprint density at radius 3 is 1.09 bits per heavy atom. The van der Waals surface area contributed by atoms with Crippen LogP contribution in [0, 0.1) is 0 Å². The van der Waals surface area contributed by atoms with E-state index in [9.17, 15) is 0 Å². The molecule has 0 aliphatic carbocycles. The average molecular weight is 505 g/mol. The molecule has 0 amide bonds. The standard InChI is InChI=1S/C30H36ClGe/c1-17(2)22-11-9-12-23(18(3)4)28(22)26-15-21(31)16-27(30(26)32)29-24(19(5)6)13-10-14-25(29)20(7)8/h9-20H,1-8H3. The van der Waals surface area contributed by atoms with Crippen molar-refractivity contribution in [1.82, 2.24) is 0 Å². The Bertz CT molecular complexity index is 969. The maximum absolute atomic E-state index is 6.85. The Balaban J connectivity index is 2.44. The van der Waals surface area contributed by atoms with Gasteiger partial charge in [0.1, 0.15) is 0 Å². The fraction of sp³-hybridized carbons (Fsp3) is 0.400. The van der Waals surface area contributed by atoms with Crippen molar-refractivity contribution in [3.8, 4) is 22.3 Å². The van der Waals surface area contributed by atoms with Gasteiger partial charge in [-0.15, -0.1) is 0 Å². The van der Waals surface area contributed by atoms with Gasteiger partial charge in [0, 0.05) is 0 Å². The van der Waals surface area contributed by atoms with Gasteiger partial charge >= 0.3 is 210 Å². The molecule has 0 spiro atoms. The van der Waals surface area contributed by atoms with Gasteiger partial charge in [-0.1, -0.05) is 0 Å². The van der Waals surface area contributed by atoms with Gasteiger partial charge < -0.3 is 0 Å². The quantitative estimate of drug-likeness (QED) is 0.294. The Morgan fingerprint density at radius 2 is 0.844 bits per heavy atom. The molecule has 0 heterocycles. The number of benzene rings is 3. The van der Waals surface area contributed by atoms with E-state index in [0.717, 1.165) is 5.02 Å². The van der Waals surface area contributed by atoms with E-state index in [1.807, 2.05) is 0 Å². The molecular formula is C30H36ClGe. The second-order valence-corrected chi connectivity index (χ2v) is 11.6. The van der Waals surface area contributed by atoms with Crippen LogP contribution in [0.25, 0.3) is 22.3 Å². The maximum atomic E-state index is 6.85. The van der Waals surface area contributed by atoms with E-state index < -0.39 is 0 Å². The van der Waals surface area contributed by atoms with Crippen molar-refractivity contribution in [2.75, 3.05) is 0 Å². The number of hydrogen-bond acceptors (Lipinski definition) is 0. The predicted molar refractivity (Wildman–Crippen MR) is 144 cm³/mol. The third-order valence-corrected chi connectivity index (χ3v) is 7.74. The SMILES string of the molecule is CC(C)c1cccc(C(C)C)c1-c1cc(Cl)cc(-c2c(C(C)C)cccc2C(C)C)[c]1[Ge]. The summed E-state index contributed by atoms with van der Waals surface area (Å²) in [6.45, 7) is 18.3. The van der Waals surface area contributed by atoms with Crippen molar-refractivity contribution in [3.63, 3.8) is 0 Å². The minimum atomic E-state index is 0.444. The summed E-state index contributed by atoms with van der Waals surface area (Å²) in [5, 5.41) is 0.808. The van der Waals surface area contributed by atoms with Crippen LogP contribution >= 0.6 is 11.6 Å². The minimum absolute atomic E-state index is 0.444. The molecule has 3 radical (unpaired) electrons. The average Bonchev–Trinajstić information content (AvgIpc) is 2.73. The molecule has 167 valence electrons. The van der Waals surface area contributed by atoms with Crippen LogP contribution < -0.4 is 4.40 Å². The van der Waals surface area contributed by atoms with Gasteiger partial charge in [0.15, 0.2) is 0 Å². The summed E-state index contributed by atoms with van der Waals surface area (Å²) in [5.74, 6) is 1.78. The molecule has 2 heteroatoms. The van der Waals surface area contributed by atoms with Crippen molar-refractivity contribution in [2.45, 2.75) is 79.1 Å². The zero-order chi connectivity index (χ0) is 23.7. The third kappa shape index (κ3) is 4.87. The summed E-state index contributed by atoms with van der Waals surface area (Å²) in [6, 6.07) is 17.9. The zero-order valence-electron chi connectivity index (χ0n) is 20.8.